The van der Waals surface area contributed by atoms with E-state index in [1.807, 2.05) is 61.5 Å². The molecule has 0 aromatic heterocycles. The normalized spacial score (nSPS) is 11.9. The predicted molar refractivity (Wildman–Crippen MR) is 167 cm³/mol. The molecule has 0 radical (unpaired) electrons. The van der Waals surface area contributed by atoms with E-state index >= 15 is 0 Å². The Kier molecular flexibility index (Phi) is 10.6. The van der Waals surface area contributed by atoms with Crippen LogP contribution in [-0.2, 0) is 32.6 Å². The van der Waals surface area contributed by atoms with E-state index in [9.17, 15) is 22.4 Å². The first-order valence-electron chi connectivity index (χ1n) is 13.8. The summed E-state index contributed by atoms with van der Waals surface area (Å²) in [6.45, 7) is 3.44. The lowest BCUT2D eigenvalue weighted by molar-refractivity contribution is -0.140. The number of hydrogen-bond donors (Lipinski definition) is 1. The van der Waals surface area contributed by atoms with Crippen LogP contribution >= 0.6 is 11.6 Å². The first kappa shape index (κ1) is 31.7. The monoisotopic (exact) mass is 621 g/mol. The van der Waals surface area contributed by atoms with Crippen LogP contribution in [0.1, 0.15) is 23.6 Å². The fourth-order valence-electron chi connectivity index (χ4n) is 4.71. The van der Waals surface area contributed by atoms with Gasteiger partial charge in [0, 0.05) is 19.5 Å². The highest BCUT2D eigenvalue weighted by Gasteiger charge is 2.34. The van der Waals surface area contributed by atoms with Crippen LogP contribution in [0.3, 0.4) is 0 Å². The number of nitrogens with zero attached hydrogens (tertiary/aromatic N) is 2. The van der Waals surface area contributed by atoms with Crippen LogP contribution in [0.25, 0.3) is 0 Å². The Morgan fingerprint density at radius 3 is 2.16 bits per heavy atom. The second kappa shape index (κ2) is 14.3. The molecule has 4 aromatic rings. The number of sulfonamides is 1. The average Bonchev–Trinajstić information content (AvgIpc) is 3.01. The highest BCUT2D eigenvalue weighted by molar-refractivity contribution is 7.92. The Morgan fingerprint density at radius 2 is 1.53 bits per heavy atom. The third kappa shape index (κ3) is 7.80. The van der Waals surface area contributed by atoms with Gasteiger partial charge in [0.15, 0.2) is 0 Å². The van der Waals surface area contributed by atoms with Crippen LogP contribution in [0.5, 0.6) is 0 Å². The number of rotatable bonds is 12. The van der Waals surface area contributed by atoms with E-state index in [4.69, 9.17) is 11.6 Å². The molecule has 10 heteroatoms. The number of likely N-dealkylation sites (N-methyl/N-ethyl adjacent to an activating group) is 1. The van der Waals surface area contributed by atoms with Crippen molar-refractivity contribution in [1.29, 1.82) is 0 Å². The Balaban J connectivity index is 1.81. The molecule has 224 valence electrons. The van der Waals surface area contributed by atoms with Gasteiger partial charge in [-0.25, -0.2) is 12.8 Å². The molecule has 43 heavy (non-hydrogen) atoms. The van der Waals surface area contributed by atoms with Crippen molar-refractivity contribution >= 4 is 39.1 Å². The summed E-state index contributed by atoms with van der Waals surface area (Å²) in [7, 11) is -4.30. The van der Waals surface area contributed by atoms with E-state index in [1.54, 1.807) is 25.1 Å². The second-order valence-electron chi connectivity index (χ2n) is 9.97. The Hall–Kier alpha value is -4.21. The smallest absolute Gasteiger partial charge is 0.264 e. The molecule has 4 aromatic carbocycles. The van der Waals surface area contributed by atoms with Crippen molar-refractivity contribution in [2.75, 3.05) is 17.4 Å². The van der Waals surface area contributed by atoms with Gasteiger partial charge in [-0.15, -0.1) is 0 Å². The number of hydrogen-bond acceptors (Lipinski definition) is 4. The molecule has 0 spiro atoms. The SMILES string of the molecule is CCNC(=O)C(Cc1ccccc1)N(Cc1ccccc1C)C(=O)CN(c1ccc(F)c(Cl)c1)S(=O)(=O)c1ccccc1. The number of nitrogens with one attached hydrogen (secondary N) is 1. The number of aryl methyl sites for hydroxylation is 1. The molecule has 0 aliphatic carbocycles. The van der Waals surface area contributed by atoms with Crippen molar-refractivity contribution in [2.45, 2.75) is 37.8 Å². The summed E-state index contributed by atoms with van der Waals surface area (Å²) in [6, 6.07) is 27.0. The highest BCUT2D eigenvalue weighted by Crippen LogP contribution is 2.28. The summed E-state index contributed by atoms with van der Waals surface area (Å²) in [5, 5.41) is 2.54. The number of carbonyl (C=O) groups is 2. The standard InChI is InChI=1S/C33H33ClFN3O4S/c1-3-36-33(40)31(20-25-13-6-4-7-14-25)37(22-26-15-11-10-12-24(26)2)32(39)23-38(27-18-19-30(35)29(34)21-27)43(41,42)28-16-8-5-9-17-28/h4-19,21,31H,3,20,22-23H2,1-2H3,(H,36,40). The van der Waals surface area contributed by atoms with Gasteiger partial charge in [-0.1, -0.05) is 84.4 Å². The molecule has 1 unspecified atom stereocenters. The van der Waals surface area contributed by atoms with Crippen LogP contribution in [0.2, 0.25) is 5.02 Å². The summed E-state index contributed by atoms with van der Waals surface area (Å²) in [4.78, 5) is 29.2. The second-order valence-corrected chi connectivity index (χ2v) is 12.2. The Labute approximate surface area is 257 Å². The molecule has 0 heterocycles. The van der Waals surface area contributed by atoms with Gasteiger partial charge in [0.05, 0.1) is 15.6 Å². The summed E-state index contributed by atoms with van der Waals surface area (Å²) in [6.07, 6.45) is 0.206. The van der Waals surface area contributed by atoms with Crippen molar-refractivity contribution in [3.63, 3.8) is 0 Å². The summed E-state index contributed by atoms with van der Waals surface area (Å²) >= 11 is 6.05. The van der Waals surface area contributed by atoms with Crippen molar-refractivity contribution in [3.8, 4) is 0 Å². The summed E-state index contributed by atoms with van der Waals surface area (Å²) < 4.78 is 42.9. The van der Waals surface area contributed by atoms with Crippen molar-refractivity contribution < 1.29 is 22.4 Å². The van der Waals surface area contributed by atoms with Crippen molar-refractivity contribution in [3.05, 3.63) is 131 Å². The van der Waals surface area contributed by atoms with Crippen LogP contribution < -0.4 is 9.62 Å². The van der Waals surface area contributed by atoms with Crippen LogP contribution in [-0.4, -0.2) is 44.3 Å². The molecule has 1 atom stereocenters. The van der Waals surface area contributed by atoms with E-state index < -0.39 is 34.3 Å². The van der Waals surface area contributed by atoms with Gasteiger partial charge in [-0.05, 0) is 60.9 Å². The predicted octanol–water partition coefficient (Wildman–Crippen LogP) is 5.76. The minimum absolute atomic E-state index is 0.0112. The molecule has 0 saturated carbocycles. The molecule has 0 aliphatic rings. The molecular weight excluding hydrogens is 589 g/mol. The third-order valence-corrected chi connectivity index (χ3v) is 9.10. The molecule has 7 nitrogen and oxygen atoms in total. The maximum Gasteiger partial charge on any atom is 0.264 e. The quantitative estimate of drug-likeness (QED) is 0.218. The number of benzene rings is 4. The van der Waals surface area contributed by atoms with E-state index in [2.05, 4.69) is 5.32 Å². The molecule has 0 fully saturated rings. The summed E-state index contributed by atoms with van der Waals surface area (Å²) in [5.41, 5.74) is 2.56. The van der Waals surface area contributed by atoms with E-state index in [-0.39, 0.29) is 34.5 Å². The van der Waals surface area contributed by atoms with Gasteiger partial charge in [0.25, 0.3) is 10.0 Å². The molecule has 2 amide bonds. The van der Waals surface area contributed by atoms with Gasteiger partial charge < -0.3 is 10.2 Å². The Morgan fingerprint density at radius 1 is 0.907 bits per heavy atom. The zero-order valence-electron chi connectivity index (χ0n) is 23.9. The lowest BCUT2D eigenvalue weighted by Gasteiger charge is -2.34. The minimum atomic E-state index is -4.30. The van der Waals surface area contributed by atoms with Crippen molar-refractivity contribution in [1.82, 2.24) is 10.2 Å². The largest absolute Gasteiger partial charge is 0.355 e. The van der Waals surface area contributed by atoms with Gasteiger partial charge >= 0.3 is 0 Å². The maximum absolute atomic E-state index is 14.3. The first-order valence-corrected chi connectivity index (χ1v) is 15.6. The van der Waals surface area contributed by atoms with E-state index in [0.717, 1.165) is 27.1 Å². The Bertz CT molecular complexity index is 1670. The van der Waals surface area contributed by atoms with Crippen LogP contribution in [0.4, 0.5) is 10.1 Å². The van der Waals surface area contributed by atoms with Gasteiger partial charge in [-0.3, -0.25) is 13.9 Å². The van der Waals surface area contributed by atoms with Gasteiger partial charge in [0.1, 0.15) is 18.4 Å². The number of carbonyl (C=O) groups excluding carboxylic acids is 2. The average molecular weight is 622 g/mol. The zero-order chi connectivity index (χ0) is 31.0. The van der Waals surface area contributed by atoms with Crippen LogP contribution in [0, 0.1) is 12.7 Å². The molecule has 0 aliphatic heterocycles. The minimum Gasteiger partial charge on any atom is -0.355 e. The van der Waals surface area contributed by atoms with Crippen LogP contribution in [0.15, 0.2) is 108 Å². The number of halogens is 2. The third-order valence-electron chi connectivity index (χ3n) is 7.03. The number of anilines is 1. The van der Waals surface area contributed by atoms with E-state index in [0.29, 0.717) is 6.54 Å². The number of amides is 2. The summed E-state index contributed by atoms with van der Waals surface area (Å²) in [5.74, 6) is -1.71. The molecule has 4 rings (SSSR count). The fraction of sp³-hybridized carbons (Fsp3) is 0.212. The molecule has 1 N–H and O–H groups in total. The fourth-order valence-corrected chi connectivity index (χ4v) is 6.31. The zero-order valence-corrected chi connectivity index (χ0v) is 25.5. The lowest BCUT2D eigenvalue weighted by atomic mass is 10.0. The maximum atomic E-state index is 14.3. The van der Waals surface area contributed by atoms with Crippen molar-refractivity contribution in [2.24, 2.45) is 0 Å². The van der Waals surface area contributed by atoms with Gasteiger partial charge in [0.2, 0.25) is 11.8 Å². The first-order chi connectivity index (χ1) is 20.6. The molecule has 0 bridgehead atoms. The highest BCUT2D eigenvalue weighted by atomic mass is 35.5. The van der Waals surface area contributed by atoms with E-state index in [1.165, 1.54) is 29.2 Å². The van der Waals surface area contributed by atoms with Gasteiger partial charge in [-0.2, -0.15) is 0 Å². The molecule has 0 saturated heterocycles. The molecular formula is C33H33ClFN3O4S. The lowest BCUT2D eigenvalue weighted by Crippen LogP contribution is -2.53. The topological polar surface area (TPSA) is 86.8 Å².